The Morgan fingerprint density at radius 2 is 1.84 bits per heavy atom. The number of aromatic nitrogens is 1. The van der Waals surface area contributed by atoms with Crippen LogP contribution in [-0.2, 0) is 20.8 Å². The van der Waals surface area contributed by atoms with Gasteiger partial charge in [-0.2, -0.15) is 0 Å². The molecule has 3 aliphatic rings. The Kier molecular flexibility index (Phi) is 8.00. The molecule has 0 aromatic carbocycles. The number of thiazole rings is 1. The Morgan fingerprint density at radius 1 is 1.18 bits per heavy atom. The lowest BCUT2D eigenvalue weighted by Gasteiger charge is -2.58. The van der Waals surface area contributed by atoms with Crippen LogP contribution in [0.1, 0.15) is 89.6 Å². The van der Waals surface area contributed by atoms with E-state index in [0.717, 1.165) is 17.0 Å². The Hall–Kier alpha value is -2.04. The van der Waals surface area contributed by atoms with Gasteiger partial charge in [-0.3, -0.25) is 14.4 Å². The summed E-state index contributed by atoms with van der Waals surface area (Å²) < 4.78 is 0. The Balaban J connectivity index is 1.65. The molecule has 0 bridgehead atoms. The topological polar surface area (TPSA) is 146 Å². The van der Waals surface area contributed by atoms with Crippen LogP contribution in [-0.4, -0.2) is 63.6 Å². The number of carbonyl (C=O) groups is 3. The molecule has 1 saturated heterocycles. The Bertz CT molecular complexity index is 1080. The van der Waals surface area contributed by atoms with E-state index in [4.69, 9.17) is 10.7 Å². The van der Waals surface area contributed by atoms with Crippen LogP contribution < -0.4 is 11.1 Å². The standard InChI is InChI=1S/C28H44N4O5S/c1-26(2,3)14-21(35)30-25-31-23-17(12-22(36)32-10-7-16(8-11-32)24(29)37)27(4)9-6-20(34)28(5,15-33)19(27)13-18(23)38-25/h16-17,19-20,33-34H,6-15H2,1-5H3,(H2,29,37)(H,30,31,35)/t17-,19+,20-,27+,28+/m1/s1. The number of aliphatic hydroxyl groups excluding tert-OH is 2. The van der Waals surface area contributed by atoms with Crippen LogP contribution in [0, 0.1) is 28.1 Å². The van der Waals surface area contributed by atoms with Crippen LogP contribution in [0.15, 0.2) is 0 Å². The molecule has 2 aliphatic carbocycles. The summed E-state index contributed by atoms with van der Waals surface area (Å²) in [6.45, 7) is 11.0. The van der Waals surface area contributed by atoms with Gasteiger partial charge < -0.3 is 26.2 Å². The van der Waals surface area contributed by atoms with Gasteiger partial charge in [0.1, 0.15) is 0 Å². The van der Waals surface area contributed by atoms with Crippen molar-refractivity contribution in [3.8, 4) is 0 Å². The number of amides is 3. The number of piperidine rings is 1. The Morgan fingerprint density at radius 3 is 2.42 bits per heavy atom. The van der Waals surface area contributed by atoms with Gasteiger partial charge in [-0.15, -0.1) is 11.3 Å². The highest BCUT2D eigenvalue weighted by atomic mass is 32.1. The average molecular weight is 549 g/mol. The third-order valence-electron chi connectivity index (χ3n) is 9.46. The van der Waals surface area contributed by atoms with Gasteiger partial charge in [0, 0.05) is 48.1 Å². The highest BCUT2D eigenvalue weighted by molar-refractivity contribution is 7.15. The molecular formula is C28H44N4O5S. The van der Waals surface area contributed by atoms with Gasteiger partial charge in [-0.05, 0) is 48.9 Å². The number of nitrogens with one attached hydrogen (secondary N) is 1. The van der Waals surface area contributed by atoms with E-state index in [1.54, 1.807) is 0 Å². The number of aliphatic hydroxyl groups is 2. The number of nitrogens with zero attached hydrogens (tertiary/aromatic N) is 2. The molecule has 5 N–H and O–H groups in total. The minimum absolute atomic E-state index is 0.0221. The molecule has 38 heavy (non-hydrogen) atoms. The van der Waals surface area contributed by atoms with E-state index < -0.39 is 11.5 Å². The van der Waals surface area contributed by atoms with Crippen LogP contribution in [0.2, 0.25) is 0 Å². The summed E-state index contributed by atoms with van der Waals surface area (Å²) in [6, 6.07) is 0. The minimum atomic E-state index is -0.703. The largest absolute Gasteiger partial charge is 0.396 e. The van der Waals surface area contributed by atoms with Crippen molar-refractivity contribution in [1.82, 2.24) is 9.88 Å². The zero-order chi connectivity index (χ0) is 28.0. The number of hydrogen-bond donors (Lipinski definition) is 4. The molecule has 2 heterocycles. The van der Waals surface area contributed by atoms with Gasteiger partial charge >= 0.3 is 0 Å². The first-order valence-electron chi connectivity index (χ1n) is 13.8. The van der Waals surface area contributed by atoms with Crippen molar-refractivity contribution >= 4 is 34.2 Å². The molecule has 3 amide bonds. The van der Waals surface area contributed by atoms with E-state index >= 15 is 0 Å². The molecule has 0 radical (unpaired) electrons. The lowest BCUT2D eigenvalue weighted by atomic mass is 9.47. The van der Waals surface area contributed by atoms with Crippen LogP contribution in [0.25, 0.3) is 0 Å². The maximum atomic E-state index is 13.6. The van der Waals surface area contributed by atoms with Gasteiger partial charge in [0.15, 0.2) is 5.13 Å². The summed E-state index contributed by atoms with van der Waals surface area (Å²) in [5.41, 5.74) is 5.13. The summed E-state index contributed by atoms with van der Waals surface area (Å²) in [5, 5.41) is 24.9. The minimum Gasteiger partial charge on any atom is -0.396 e. The molecule has 1 aromatic rings. The molecule has 212 valence electrons. The fourth-order valence-corrected chi connectivity index (χ4v) is 8.15. The van der Waals surface area contributed by atoms with Crippen molar-refractivity contribution in [3.05, 3.63) is 10.6 Å². The van der Waals surface area contributed by atoms with Gasteiger partial charge in [0.05, 0.1) is 18.4 Å². The van der Waals surface area contributed by atoms with E-state index in [2.05, 4.69) is 12.2 Å². The number of primary amides is 1. The van der Waals surface area contributed by atoms with E-state index in [9.17, 15) is 24.6 Å². The smallest absolute Gasteiger partial charge is 0.226 e. The fourth-order valence-electron chi connectivity index (χ4n) is 7.06. The lowest BCUT2D eigenvalue weighted by molar-refractivity contribution is -0.148. The molecule has 0 spiro atoms. The van der Waals surface area contributed by atoms with Crippen molar-refractivity contribution < 1.29 is 24.6 Å². The fraction of sp³-hybridized carbons (Fsp3) is 0.786. The zero-order valence-corrected chi connectivity index (χ0v) is 24.2. The predicted octanol–water partition coefficient (Wildman–Crippen LogP) is 3.05. The maximum Gasteiger partial charge on any atom is 0.226 e. The number of likely N-dealkylation sites (tertiary alicyclic amines) is 1. The summed E-state index contributed by atoms with van der Waals surface area (Å²) in [4.78, 5) is 45.6. The van der Waals surface area contributed by atoms with E-state index in [1.807, 2.05) is 32.6 Å². The van der Waals surface area contributed by atoms with Crippen molar-refractivity contribution in [2.75, 3.05) is 25.0 Å². The molecule has 1 aliphatic heterocycles. The van der Waals surface area contributed by atoms with Gasteiger partial charge in [0.2, 0.25) is 17.7 Å². The van der Waals surface area contributed by atoms with Crippen molar-refractivity contribution in [2.45, 2.75) is 91.6 Å². The first-order chi connectivity index (χ1) is 17.7. The Labute approximate surface area is 229 Å². The number of fused-ring (bicyclic) bond motifs is 2. The zero-order valence-electron chi connectivity index (χ0n) is 23.4. The van der Waals surface area contributed by atoms with Gasteiger partial charge in [-0.1, -0.05) is 34.6 Å². The number of anilines is 1. The maximum absolute atomic E-state index is 13.6. The van der Waals surface area contributed by atoms with Crippen LogP contribution in [0.4, 0.5) is 5.13 Å². The highest BCUT2D eigenvalue weighted by Gasteiger charge is 2.59. The quantitative estimate of drug-likeness (QED) is 0.430. The summed E-state index contributed by atoms with van der Waals surface area (Å²) in [6.07, 6.45) is 3.06. The van der Waals surface area contributed by atoms with Gasteiger partial charge in [0.25, 0.3) is 0 Å². The van der Waals surface area contributed by atoms with E-state index in [0.29, 0.717) is 50.3 Å². The summed E-state index contributed by atoms with van der Waals surface area (Å²) in [7, 11) is 0. The number of rotatable bonds is 6. The lowest BCUT2D eigenvalue weighted by Crippen LogP contribution is -2.58. The van der Waals surface area contributed by atoms with Crippen LogP contribution in [0.5, 0.6) is 0 Å². The van der Waals surface area contributed by atoms with Crippen molar-refractivity contribution in [2.24, 2.45) is 33.8 Å². The number of hydrogen-bond acceptors (Lipinski definition) is 7. The highest BCUT2D eigenvalue weighted by Crippen LogP contribution is 2.63. The van der Waals surface area contributed by atoms with E-state index in [1.165, 1.54) is 11.3 Å². The average Bonchev–Trinajstić information content (AvgIpc) is 3.23. The molecule has 9 nitrogen and oxygen atoms in total. The molecule has 1 aromatic heterocycles. The number of nitrogens with two attached hydrogens (primary N) is 1. The third kappa shape index (κ3) is 5.49. The first-order valence-corrected chi connectivity index (χ1v) is 14.6. The summed E-state index contributed by atoms with van der Waals surface area (Å²) >= 11 is 1.44. The van der Waals surface area contributed by atoms with Crippen molar-refractivity contribution in [1.29, 1.82) is 0 Å². The SMILES string of the molecule is CC(C)(C)CC(=O)Nc1nc2c(s1)C[C@@H]1[C@](C)(CO)[C@H](O)CC[C@@]1(C)[C@@H]2CC(=O)N1CCC(C(N)=O)CC1. The second-order valence-electron chi connectivity index (χ2n) is 13.4. The normalized spacial score (nSPS) is 31.9. The second-order valence-corrected chi connectivity index (χ2v) is 14.5. The first kappa shape index (κ1) is 29.0. The van der Waals surface area contributed by atoms with E-state index in [-0.39, 0.29) is 59.3 Å². The molecule has 0 unspecified atom stereocenters. The molecule has 5 atom stereocenters. The van der Waals surface area contributed by atoms with Crippen LogP contribution >= 0.6 is 11.3 Å². The van der Waals surface area contributed by atoms with Gasteiger partial charge in [-0.25, -0.2) is 4.98 Å². The molecular weight excluding hydrogens is 504 g/mol. The number of carbonyl (C=O) groups excluding carboxylic acids is 3. The monoisotopic (exact) mass is 548 g/mol. The van der Waals surface area contributed by atoms with Crippen molar-refractivity contribution in [3.63, 3.8) is 0 Å². The third-order valence-corrected chi connectivity index (χ3v) is 10.5. The molecule has 1 saturated carbocycles. The molecule has 10 heteroatoms. The van der Waals surface area contributed by atoms with Crippen LogP contribution in [0.3, 0.4) is 0 Å². The molecule has 2 fully saturated rings. The summed E-state index contributed by atoms with van der Waals surface area (Å²) in [5.74, 6) is -0.822. The second kappa shape index (κ2) is 10.5. The predicted molar refractivity (Wildman–Crippen MR) is 146 cm³/mol. The molecule has 4 rings (SSSR count).